The van der Waals surface area contributed by atoms with Crippen molar-refractivity contribution >= 4 is 23.0 Å². The van der Waals surface area contributed by atoms with Gasteiger partial charge in [0.15, 0.2) is 0 Å². The Labute approximate surface area is 178 Å². The topological polar surface area (TPSA) is 111 Å². The van der Waals surface area contributed by atoms with Gasteiger partial charge in [0, 0.05) is 36.8 Å². The number of nitrogens with zero attached hydrogens (tertiary/aromatic N) is 3. The Bertz CT molecular complexity index is 1060. The van der Waals surface area contributed by atoms with E-state index in [4.69, 9.17) is 5.26 Å². The molecular formula is C22H22FN5O3. The van der Waals surface area contributed by atoms with Crippen molar-refractivity contribution in [2.45, 2.75) is 37.8 Å². The number of nitro groups is 1. The summed E-state index contributed by atoms with van der Waals surface area (Å²) in [5.74, 6) is -0.769. The lowest BCUT2D eigenvalue weighted by molar-refractivity contribution is -0.384. The van der Waals surface area contributed by atoms with E-state index in [1.54, 1.807) is 24.3 Å². The quantitative estimate of drug-likeness (QED) is 0.543. The lowest BCUT2D eigenvalue weighted by atomic mass is 10.0. The molecule has 9 heteroatoms. The largest absolute Gasteiger partial charge is 0.375 e. The molecule has 1 saturated carbocycles. The summed E-state index contributed by atoms with van der Waals surface area (Å²) in [4.78, 5) is 25.2. The van der Waals surface area contributed by atoms with Crippen LogP contribution in [0.1, 0.15) is 41.6 Å². The fourth-order valence-corrected chi connectivity index (χ4v) is 3.81. The fraction of sp³-hybridized carbons (Fsp3) is 0.364. The molecule has 8 nitrogen and oxygen atoms in total. The Kier molecular flexibility index (Phi) is 5.71. The van der Waals surface area contributed by atoms with Crippen molar-refractivity contribution in [1.82, 2.24) is 5.32 Å². The SMILES string of the molecule is N#Cc1ccc(N2CCCC(Nc3ccc(C(=O)NC4CC4)cc3[N+](=O)[O-])C2)c(F)c1. The van der Waals surface area contributed by atoms with Crippen LogP contribution in [0, 0.1) is 27.3 Å². The van der Waals surface area contributed by atoms with E-state index < -0.39 is 10.7 Å². The summed E-state index contributed by atoms with van der Waals surface area (Å²) in [5.41, 5.74) is 1.10. The van der Waals surface area contributed by atoms with Crippen molar-refractivity contribution in [2.24, 2.45) is 0 Å². The highest BCUT2D eigenvalue weighted by atomic mass is 19.1. The van der Waals surface area contributed by atoms with Crippen LogP contribution in [0.4, 0.5) is 21.5 Å². The van der Waals surface area contributed by atoms with E-state index in [2.05, 4.69) is 10.6 Å². The molecule has 1 aliphatic carbocycles. The molecular weight excluding hydrogens is 401 g/mol. The summed E-state index contributed by atoms with van der Waals surface area (Å²) >= 11 is 0. The number of halogens is 1. The molecule has 160 valence electrons. The summed E-state index contributed by atoms with van der Waals surface area (Å²) in [6, 6.07) is 10.8. The predicted octanol–water partition coefficient (Wildman–Crippen LogP) is 3.58. The molecule has 0 bridgehead atoms. The first kappa shape index (κ1) is 20.6. The number of nitriles is 1. The van der Waals surface area contributed by atoms with Gasteiger partial charge in [-0.3, -0.25) is 14.9 Å². The maximum atomic E-state index is 14.4. The Morgan fingerprint density at radius 2 is 2.00 bits per heavy atom. The highest BCUT2D eigenvalue weighted by Gasteiger charge is 2.27. The van der Waals surface area contributed by atoms with Crippen molar-refractivity contribution in [3.8, 4) is 6.07 Å². The molecule has 4 rings (SSSR count). The molecule has 1 atom stereocenters. The van der Waals surface area contributed by atoms with Crippen LogP contribution in [0.3, 0.4) is 0 Å². The van der Waals surface area contributed by atoms with Gasteiger partial charge in [0.05, 0.1) is 22.2 Å². The van der Waals surface area contributed by atoms with Crippen LogP contribution in [0.2, 0.25) is 0 Å². The predicted molar refractivity (Wildman–Crippen MR) is 114 cm³/mol. The number of amides is 1. The molecule has 2 fully saturated rings. The second-order valence-electron chi connectivity index (χ2n) is 7.94. The zero-order valence-electron chi connectivity index (χ0n) is 16.8. The number of carbonyl (C=O) groups excluding carboxylic acids is 1. The summed E-state index contributed by atoms with van der Waals surface area (Å²) < 4.78 is 14.4. The number of benzene rings is 2. The molecule has 2 N–H and O–H groups in total. The van der Waals surface area contributed by atoms with Crippen molar-refractivity contribution in [3.63, 3.8) is 0 Å². The highest BCUT2D eigenvalue weighted by Crippen LogP contribution is 2.30. The van der Waals surface area contributed by atoms with Gasteiger partial charge >= 0.3 is 0 Å². The van der Waals surface area contributed by atoms with Crippen molar-refractivity contribution in [2.75, 3.05) is 23.3 Å². The molecule has 31 heavy (non-hydrogen) atoms. The van der Waals surface area contributed by atoms with Gasteiger partial charge in [0.2, 0.25) is 0 Å². The van der Waals surface area contributed by atoms with E-state index in [1.807, 2.05) is 11.0 Å². The first-order chi connectivity index (χ1) is 14.9. The van der Waals surface area contributed by atoms with Gasteiger partial charge in [-0.05, 0) is 56.0 Å². The molecule has 1 saturated heterocycles. The third-order valence-corrected chi connectivity index (χ3v) is 5.57. The molecule has 0 spiro atoms. The van der Waals surface area contributed by atoms with Gasteiger partial charge in [0.1, 0.15) is 11.5 Å². The first-order valence-electron chi connectivity index (χ1n) is 10.2. The van der Waals surface area contributed by atoms with Crippen LogP contribution < -0.4 is 15.5 Å². The molecule has 2 aromatic rings. The average molecular weight is 423 g/mol. The summed E-state index contributed by atoms with van der Waals surface area (Å²) in [5, 5.41) is 26.6. The number of rotatable bonds is 6. The lowest BCUT2D eigenvalue weighted by Gasteiger charge is -2.35. The number of anilines is 2. The molecule has 2 aromatic carbocycles. The van der Waals surface area contributed by atoms with Gasteiger partial charge in [0.25, 0.3) is 11.6 Å². The van der Waals surface area contributed by atoms with Crippen LogP contribution in [0.5, 0.6) is 0 Å². The van der Waals surface area contributed by atoms with Crippen LogP contribution in [-0.4, -0.2) is 36.0 Å². The molecule has 2 aliphatic rings. The Hall–Kier alpha value is -3.67. The molecule has 1 heterocycles. The normalized spacial score (nSPS) is 18.2. The van der Waals surface area contributed by atoms with Crippen LogP contribution in [0.25, 0.3) is 0 Å². The number of carbonyl (C=O) groups is 1. The Morgan fingerprint density at radius 3 is 2.68 bits per heavy atom. The number of hydrogen-bond donors (Lipinski definition) is 2. The zero-order chi connectivity index (χ0) is 22.0. The van der Waals surface area contributed by atoms with Crippen LogP contribution >= 0.6 is 0 Å². The third kappa shape index (κ3) is 4.74. The fourth-order valence-electron chi connectivity index (χ4n) is 3.81. The summed E-state index contributed by atoms with van der Waals surface area (Å²) in [6.45, 7) is 1.12. The second kappa shape index (κ2) is 8.60. The second-order valence-corrected chi connectivity index (χ2v) is 7.94. The maximum absolute atomic E-state index is 14.4. The summed E-state index contributed by atoms with van der Waals surface area (Å²) in [7, 11) is 0. The summed E-state index contributed by atoms with van der Waals surface area (Å²) in [6.07, 6.45) is 3.43. The van der Waals surface area contributed by atoms with Gasteiger partial charge in [-0.2, -0.15) is 5.26 Å². The van der Waals surface area contributed by atoms with Gasteiger partial charge in [-0.1, -0.05) is 0 Å². The number of nitro benzene ring substituents is 1. The minimum absolute atomic E-state index is 0.131. The maximum Gasteiger partial charge on any atom is 0.293 e. The van der Waals surface area contributed by atoms with E-state index in [0.29, 0.717) is 24.5 Å². The number of piperidine rings is 1. The molecule has 1 amide bonds. The van der Waals surface area contributed by atoms with Gasteiger partial charge in [-0.25, -0.2) is 4.39 Å². The van der Waals surface area contributed by atoms with Crippen LogP contribution in [-0.2, 0) is 0 Å². The van der Waals surface area contributed by atoms with Gasteiger partial charge < -0.3 is 15.5 Å². The van der Waals surface area contributed by atoms with Crippen molar-refractivity contribution in [1.29, 1.82) is 5.26 Å². The third-order valence-electron chi connectivity index (χ3n) is 5.57. The van der Waals surface area contributed by atoms with E-state index in [0.717, 1.165) is 25.7 Å². The van der Waals surface area contributed by atoms with E-state index in [-0.39, 0.29) is 34.8 Å². The minimum Gasteiger partial charge on any atom is -0.375 e. The minimum atomic E-state index is -0.503. The number of nitrogens with one attached hydrogen (secondary N) is 2. The monoisotopic (exact) mass is 423 g/mol. The average Bonchev–Trinajstić information content (AvgIpc) is 3.57. The first-order valence-corrected chi connectivity index (χ1v) is 10.2. The smallest absolute Gasteiger partial charge is 0.293 e. The van der Waals surface area contributed by atoms with E-state index >= 15 is 0 Å². The molecule has 1 unspecified atom stereocenters. The Morgan fingerprint density at radius 1 is 1.19 bits per heavy atom. The van der Waals surface area contributed by atoms with Crippen molar-refractivity contribution in [3.05, 3.63) is 63.5 Å². The van der Waals surface area contributed by atoms with E-state index in [9.17, 15) is 19.3 Å². The molecule has 0 aromatic heterocycles. The molecule has 0 radical (unpaired) electrons. The Balaban J connectivity index is 1.49. The highest BCUT2D eigenvalue weighted by molar-refractivity contribution is 5.96. The number of hydrogen-bond acceptors (Lipinski definition) is 6. The van der Waals surface area contributed by atoms with Crippen LogP contribution in [0.15, 0.2) is 36.4 Å². The van der Waals surface area contributed by atoms with Gasteiger partial charge in [-0.15, -0.1) is 0 Å². The molecule has 1 aliphatic heterocycles. The van der Waals surface area contributed by atoms with E-state index in [1.165, 1.54) is 12.1 Å². The van der Waals surface area contributed by atoms with Crippen molar-refractivity contribution < 1.29 is 14.1 Å². The zero-order valence-corrected chi connectivity index (χ0v) is 16.8. The lowest BCUT2D eigenvalue weighted by Crippen LogP contribution is -2.42. The standard InChI is InChI=1S/C22H22FN5O3/c23-18-10-14(12-24)3-8-20(18)27-9-1-2-17(13-27)25-19-7-4-15(11-21(19)28(30)31)22(29)26-16-5-6-16/h3-4,7-8,10-11,16-17,25H,1-2,5-6,9,13H2,(H,26,29).